The summed E-state index contributed by atoms with van der Waals surface area (Å²) in [6.45, 7) is 4.86. The molecule has 0 aromatic carbocycles. The highest BCUT2D eigenvalue weighted by atomic mass is 16.2. The van der Waals surface area contributed by atoms with Gasteiger partial charge in [0.25, 0.3) is 0 Å². The van der Waals surface area contributed by atoms with E-state index in [-0.39, 0.29) is 17.7 Å². The van der Waals surface area contributed by atoms with Crippen molar-refractivity contribution in [3.63, 3.8) is 0 Å². The first kappa shape index (κ1) is 11.2. The number of rotatable bonds is 1. The van der Waals surface area contributed by atoms with E-state index in [2.05, 4.69) is 9.88 Å². The Morgan fingerprint density at radius 1 is 1.33 bits per heavy atom. The maximum absolute atomic E-state index is 11.8. The zero-order valence-electron chi connectivity index (χ0n) is 10.5. The lowest BCUT2D eigenvalue weighted by Crippen LogP contribution is -2.45. The van der Waals surface area contributed by atoms with Crippen LogP contribution >= 0.6 is 0 Å². The Hall–Kier alpha value is -1.91. The Morgan fingerprint density at radius 2 is 2.11 bits per heavy atom. The SMILES string of the molecule is CC(=O)c1ccc2c(n1)N(C(C)=O)[C@H]1CCN2C1. The van der Waals surface area contributed by atoms with Gasteiger partial charge in [0.05, 0.1) is 11.7 Å². The van der Waals surface area contributed by atoms with Gasteiger partial charge in [0.1, 0.15) is 5.69 Å². The van der Waals surface area contributed by atoms with E-state index in [9.17, 15) is 9.59 Å². The molecule has 0 saturated carbocycles. The number of ketones is 1. The molecule has 1 aromatic rings. The molecule has 0 spiro atoms. The molecule has 0 unspecified atom stereocenters. The van der Waals surface area contributed by atoms with Crippen molar-refractivity contribution < 1.29 is 9.59 Å². The van der Waals surface area contributed by atoms with Crippen LogP contribution in [0.25, 0.3) is 0 Å². The molecule has 0 radical (unpaired) electrons. The molecule has 2 aliphatic rings. The van der Waals surface area contributed by atoms with Gasteiger partial charge in [-0.25, -0.2) is 4.98 Å². The Kier molecular flexibility index (Phi) is 2.36. The Morgan fingerprint density at radius 3 is 2.78 bits per heavy atom. The standard InChI is InChI=1S/C13H15N3O2/c1-8(17)11-3-4-12-13(14-11)16(9(2)18)10-5-6-15(12)7-10/h3-4,10H,5-7H2,1-2H3/t10-/m0/s1. The first-order valence-corrected chi connectivity index (χ1v) is 6.14. The fraction of sp³-hybridized carbons (Fsp3) is 0.462. The summed E-state index contributed by atoms with van der Waals surface area (Å²) in [5.41, 5.74) is 1.38. The number of hydrogen-bond donors (Lipinski definition) is 0. The van der Waals surface area contributed by atoms with Crippen molar-refractivity contribution >= 4 is 23.2 Å². The molecule has 2 aliphatic heterocycles. The Bertz CT molecular complexity index is 541. The average molecular weight is 245 g/mol. The second-order valence-electron chi connectivity index (χ2n) is 4.87. The predicted molar refractivity (Wildman–Crippen MR) is 68.0 cm³/mol. The van der Waals surface area contributed by atoms with E-state index in [1.165, 1.54) is 6.92 Å². The van der Waals surface area contributed by atoms with Crippen LogP contribution in [0.5, 0.6) is 0 Å². The lowest BCUT2D eigenvalue weighted by atomic mass is 10.1. The van der Waals surface area contributed by atoms with E-state index >= 15 is 0 Å². The second kappa shape index (κ2) is 3.80. The van der Waals surface area contributed by atoms with Crippen LogP contribution in [0.4, 0.5) is 11.5 Å². The Labute approximate surface area is 105 Å². The molecule has 1 aromatic heterocycles. The molecule has 5 nitrogen and oxygen atoms in total. The monoisotopic (exact) mass is 245 g/mol. The van der Waals surface area contributed by atoms with E-state index < -0.39 is 0 Å². The van der Waals surface area contributed by atoms with Crippen molar-refractivity contribution in [3.05, 3.63) is 17.8 Å². The highest BCUT2D eigenvalue weighted by Gasteiger charge is 2.38. The molecule has 0 aliphatic carbocycles. The summed E-state index contributed by atoms with van der Waals surface area (Å²) in [4.78, 5) is 31.6. The smallest absolute Gasteiger partial charge is 0.225 e. The maximum atomic E-state index is 11.8. The minimum atomic E-state index is -0.0748. The van der Waals surface area contributed by atoms with Crippen LogP contribution in [0.3, 0.4) is 0 Å². The number of Topliss-reactive ketones (excluding diaryl/α,β-unsaturated/α-hetero) is 1. The number of pyridine rings is 1. The molecule has 1 saturated heterocycles. The number of anilines is 2. The van der Waals surface area contributed by atoms with Gasteiger partial charge >= 0.3 is 0 Å². The molecule has 1 amide bonds. The minimum Gasteiger partial charge on any atom is -0.366 e. The summed E-state index contributed by atoms with van der Waals surface area (Å²) in [7, 11) is 0. The third-order valence-electron chi connectivity index (χ3n) is 3.65. The molecule has 3 rings (SSSR count). The molecule has 1 atom stereocenters. The van der Waals surface area contributed by atoms with E-state index in [1.54, 1.807) is 17.9 Å². The van der Waals surface area contributed by atoms with Crippen molar-refractivity contribution in [1.82, 2.24) is 4.98 Å². The number of nitrogens with zero attached hydrogens (tertiary/aromatic N) is 3. The Balaban J connectivity index is 2.15. The molecular weight excluding hydrogens is 230 g/mol. The van der Waals surface area contributed by atoms with Crippen LogP contribution < -0.4 is 9.80 Å². The zero-order valence-corrected chi connectivity index (χ0v) is 10.5. The minimum absolute atomic E-state index is 0.00370. The summed E-state index contributed by atoms with van der Waals surface area (Å²) in [5, 5.41) is 0. The second-order valence-corrected chi connectivity index (χ2v) is 4.87. The van der Waals surface area contributed by atoms with Crippen LogP contribution in [0.2, 0.25) is 0 Å². The summed E-state index contributed by atoms with van der Waals surface area (Å²) in [6.07, 6.45) is 0.964. The van der Waals surface area contributed by atoms with Crippen molar-refractivity contribution in [2.75, 3.05) is 22.9 Å². The highest BCUT2D eigenvalue weighted by molar-refractivity contribution is 5.98. The van der Waals surface area contributed by atoms with Crippen LogP contribution in [0, 0.1) is 0 Å². The quantitative estimate of drug-likeness (QED) is 0.698. The maximum Gasteiger partial charge on any atom is 0.225 e. The summed E-state index contributed by atoms with van der Waals surface area (Å²) < 4.78 is 0. The van der Waals surface area contributed by atoms with E-state index in [0.717, 1.165) is 25.2 Å². The molecule has 2 bridgehead atoms. The highest BCUT2D eigenvalue weighted by Crippen LogP contribution is 2.38. The molecule has 3 heterocycles. The van der Waals surface area contributed by atoms with Gasteiger partial charge in [0, 0.05) is 26.9 Å². The van der Waals surface area contributed by atoms with Gasteiger partial charge in [-0.05, 0) is 18.6 Å². The van der Waals surface area contributed by atoms with E-state index in [1.807, 2.05) is 6.07 Å². The van der Waals surface area contributed by atoms with Crippen LogP contribution in [0.15, 0.2) is 12.1 Å². The number of hydrogen-bond acceptors (Lipinski definition) is 4. The van der Waals surface area contributed by atoms with Gasteiger partial charge in [-0.1, -0.05) is 0 Å². The van der Waals surface area contributed by atoms with Crippen molar-refractivity contribution in [2.24, 2.45) is 0 Å². The summed E-state index contributed by atoms with van der Waals surface area (Å²) >= 11 is 0. The molecule has 18 heavy (non-hydrogen) atoms. The largest absolute Gasteiger partial charge is 0.366 e. The first-order valence-electron chi connectivity index (χ1n) is 6.14. The normalized spacial score (nSPS) is 20.9. The van der Waals surface area contributed by atoms with Gasteiger partial charge in [-0.2, -0.15) is 0 Å². The van der Waals surface area contributed by atoms with Gasteiger partial charge in [0.2, 0.25) is 5.91 Å². The number of carbonyl (C=O) groups excluding carboxylic acids is 2. The van der Waals surface area contributed by atoms with Crippen molar-refractivity contribution in [2.45, 2.75) is 26.3 Å². The van der Waals surface area contributed by atoms with E-state index in [0.29, 0.717) is 11.5 Å². The lowest BCUT2D eigenvalue weighted by Gasteiger charge is -2.35. The number of amides is 1. The van der Waals surface area contributed by atoms with Crippen molar-refractivity contribution in [3.8, 4) is 0 Å². The number of fused-ring (bicyclic) bond motifs is 4. The van der Waals surface area contributed by atoms with Gasteiger partial charge in [0.15, 0.2) is 11.6 Å². The zero-order chi connectivity index (χ0) is 12.9. The first-order chi connectivity index (χ1) is 8.58. The average Bonchev–Trinajstić information content (AvgIpc) is 2.73. The number of carbonyl (C=O) groups is 2. The summed E-state index contributed by atoms with van der Waals surface area (Å²) in [5.74, 6) is 0.564. The van der Waals surface area contributed by atoms with Crippen LogP contribution in [-0.4, -0.2) is 35.8 Å². The fourth-order valence-electron chi connectivity index (χ4n) is 2.81. The predicted octanol–water partition coefficient (Wildman–Crippen LogP) is 1.23. The summed E-state index contributed by atoms with van der Waals surface area (Å²) in [6, 6.07) is 3.83. The third-order valence-corrected chi connectivity index (χ3v) is 3.65. The van der Waals surface area contributed by atoms with E-state index in [4.69, 9.17) is 0 Å². The molecule has 1 fully saturated rings. The van der Waals surface area contributed by atoms with Crippen LogP contribution in [0.1, 0.15) is 30.8 Å². The molecule has 5 heteroatoms. The molecular formula is C13H15N3O2. The fourth-order valence-corrected chi connectivity index (χ4v) is 2.81. The topological polar surface area (TPSA) is 53.5 Å². The molecule has 0 N–H and O–H groups in total. The molecule has 94 valence electrons. The number of aromatic nitrogens is 1. The lowest BCUT2D eigenvalue weighted by molar-refractivity contribution is -0.117. The van der Waals surface area contributed by atoms with Crippen molar-refractivity contribution in [1.29, 1.82) is 0 Å². The third kappa shape index (κ3) is 1.50. The van der Waals surface area contributed by atoms with Gasteiger partial charge in [-0.3, -0.25) is 14.5 Å². The van der Waals surface area contributed by atoms with Crippen LogP contribution in [-0.2, 0) is 4.79 Å². The van der Waals surface area contributed by atoms with Gasteiger partial charge < -0.3 is 4.90 Å². The van der Waals surface area contributed by atoms with Gasteiger partial charge in [-0.15, -0.1) is 0 Å².